The van der Waals surface area contributed by atoms with Gasteiger partial charge in [0.2, 0.25) is 0 Å². The molecule has 0 saturated heterocycles. The second-order valence-corrected chi connectivity index (χ2v) is 4.31. The monoisotopic (exact) mass is 212 g/mol. The maximum Gasteiger partial charge on any atom is 0.126 e. The predicted octanol–water partition coefficient (Wildman–Crippen LogP) is 2.58. The molecule has 1 aliphatic rings. The van der Waals surface area contributed by atoms with Crippen LogP contribution in [-0.4, -0.2) is 12.2 Å². The van der Waals surface area contributed by atoms with E-state index in [0.717, 1.165) is 12.0 Å². The zero-order chi connectivity index (χ0) is 10.3. The van der Waals surface area contributed by atoms with Crippen molar-refractivity contribution in [2.75, 3.05) is 7.11 Å². The van der Waals surface area contributed by atoms with Crippen LogP contribution in [0.15, 0.2) is 18.2 Å². The van der Waals surface area contributed by atoms with Gasteiger partial charge in [-0.1, -0.05) is 24.6 Å². The molecule has 1 aliphatic carbocycles. The first kappa shape index (κ1) is 9.81. The van der Waals surface area contributed by atoms with Crippen molar-refractivity contribution in [3.8, 4) is 5.75 Å². The lowest BCUT2D eigenvalue weighted by atomic mass is 10.0. The van der Waals surface area contributed by atoms with Crippen molar-refractivity contribution < 1.29 is 9.84 Å². The molecule has 2 unspecified atom stereocenters. The number of rotatable bonds is 2. The molecular weight excluding hydrogens is 200 g/mol. The fourth-order valence-electron chi connectivity index (χ4n) is 1.81. The molecule has 2 atom stereocenters. The number of aliphatic hydroxyl groups is 1. The number of hydrogen-bond donors (Lipinski definition) is 1. The van der Waals surface area contributed by atoms with Crippen molar-refractivity contribution in [1.82, 2.24) is 0 Å². The Morgan fingerprint density at radius 3 is 2.71 bits per heavy atom. The lowest BCUT2D eigenvalue weighted by Gasteiger charge is -2.14. The average molecular weight is 213 g/mol. The van der Waals surface area contributed by atoms with Gasteiger partial charge < -0.3 is 9.84 Å². The molecule has 0 radical (unpaired) electrons. The van der Waals surface area contributed by atoms with E-state index < -0.39 is 5.60 Å². The van der Waals surface area contributed by atoms with E-state index >= 15 is 0 Å². The summed E-state index contributed by atoms with van der Waals surface area (Å²) in [6.07, 6.45) is 0.797. The summed E-state index contributed by atoms with van der Waals surface area (Å²) in [5.41, 5.74) is 0.146. The van der Waals surface area contributed by atoms with E-state index in [1.54, 1.807) is 19.2 Å². The Balaban J connectivity index is 2.43. The number of methoxy groups -OCH3 is 1. The van der Waals surface area contributed by atoms with E-state index in [4.69, 9.17) is 16.3 Å². The van der Waals surface area contributed by atoms with Gasteiger partial charge in [0.25, 0.3) is 0 Å². The van der Waals surface area contributed by atoms with Crippen LogP contribution < -0.4 is 4.74 Å². The Kier molecular flexibility index (Phi) is 2.20. The molecule has 0 amide bonds. The second-order valence-electron chi connectivity index (χ2n) is 3.87. The zero-order valence-corrected chi connectivity index (χ0v) is 9.01. The smallest absolute Gasteiger partial charge is 0.126 e. The SMILES string of the molecule is COc1cc(Cl)ccc1C1(O)CC1C. The summed E-state index contributed by atoms with van der Waals surface area (Å²) in [5, 5.41) is 10.8. The van der Waals surface area contributed by atoms with E-state index in [2.05, 4.69) is 0 Å². The Morgan fingerprint density at radius 2 is 2.21 bits per heavy atom. The number of ether oxygens (including phenoxy) is 1. The second kappa shape index (κ2) is 3.14. The van der Waals surface area contributed by atoms with Gasteiger partial charge in [-0.05, 0) is 24.5 Å². The summed E-state index contributed by atoms with van der Waals surface area (Å²) in [7, 11) is 1.59. The largest absolute Gasteiger partial charge is 0.496 e. The van der Waals surface area contributed by atoms with Gasteiger partial charge in [0, 0.05) is 10.6 Å². The minimum Gasteiger partial charge on any atom is -0.496 e. The van der Waals surface area contributed by atoms with Gasteiger partial charge in [-0.3, -0.25) is 0 Å². The molecule has 2 rings (SSSR count). The standard InChI is InChI=1S/C11H13ClO2/c1-7-6-11(7,13)9-4-3-8(12)5-10(9)14-2/h3-5,7,13H,6H2,1-2H3. The van der Waals surface area contributed by atoms with Crippen LogP contribution in [-0.2, 0) is 5.60 Å². The minimum atomic E-state index is -0.698. The number of halogens is 1. The normalized spacial score (nSPS) is 30.1. The van der Waals surface area contributed by atoms with Crippen LogP contribution in [0.25, 0.3) is 0 Å². The van der Waals surface area contributed by atoms with E-state index in [1.807, 2.05) is 13.0 Å². The van der Waals surface area contributed by atoms with Crippen LogP contribution in [0.4, 0.5) is 0 Å². The summed E-state index contributed by atoms with van der Waals surface area (Å²) < 4.78 is 5.20. The van der Waals surface area contributed by atoms with Crippen molar-refractivity contribution in [3.05, 3.63) is 28.8 Å². The predicted molar refractivity (Wildman–Crippen MR) is 55.7 cm³/mol. The number of hydrogen-bond acceptors (Lipinski definition) is 2. The van der Waals surface area contributed by atoms with Gasteiger partial charge >= 0.3 is 0 Å². The molecule has 1 saturated carbocycles. The molecule has 0 heterocycles. The Morgan fingerprint density at radius 1 is 1.57 bits per heavy atom. The fourth-order valence-corrected chi connectivity index (χ4v) is 1.97. The van der Waals surface area contributed by atoms with Crippen LogP contribution in [0.5, 0.6) is 5.75 Å². The lowest BCUT2D eigenvalue weighted by Crippen LogP contribution is -2.09. The van der Waals surface area contributed by atoms with Gasteiger partial charge in [-0.15, -0.1) is 0 Å². The van der Waals surface area contributed by atoms with E-state index in [9.17, 15) is 5.11 Å². The van der Waals surface area contributed by atoms with E-state index in [-0.39, 0.29) is 0 Å². The van der Waals surface area contributed by atoms with Crippen LogP contribution in [0, 0.1) is 5.92 Å². The highest BCUT2D eigenvalue weighted by Crippen LogP contribution is 2.54. The highest BCUT2D eigenvalue weighted by molar-refractivity contribution is 6.30. The Labute approximate surface area is 88.5 Å². The molecule has 0 aromatic heterocycles. The first-order chi connectivity index (χ1) is 6.58. The molecule has 0 bridgehead atoms. The molecule has 76 valence electrons. The van der Waals surface area contributed by atoms with Crippen LogP contribution in [0.1, 0.15) is 18.9 Å². The third-order valence-electron chi connectivity index (χ3n) is 2.90. The summed E-state index contributed by atoms with van der Waals surface area (Å²) in [6.45, 7) is 2.02. The minimum absolute atomic E-state index is 0.303. The molecule has 0 aliphatic heterocycles. The molecule has 14 heavy (non-hydrogen) atoms. The van der Waals surface area contributed by atoms with Crippen molar-refractivity contribution in [1.29, 1.82) is 0 Å². The Bertz CT molecular complexity index is 364. The zero-order valence-electron chi connectivity index (χ0n) is 8.25. The fraction of sp³-hybridized carbons (Fsp3) is 0.455. The van der Waals surface area contributed by atoms with E-state index in [1.165, 1.54) is 0 Å². The molecular formula is C11H13ClO2. The van der Waals surface area contributed by atoms with Crippen LogP contribution >= 0.6 is 11.6 Å². The van der Waals surface area contributed by atoms with E-state index in [0.29, 0.717) is 16.7 Å². The third kappa shape index (κ3) is 1.39. The molecule has 3 heteroatoms. The van der Waals surface area contributed by atoms with Gasteiger partial charge in [0.05, 0.1) is 12.7 Å². The highest BCUT2D eigenvalue weighted by Gasteiger charge is 2.52. The molecule has 1 aromatic rings. The van der Waals surface area contributed by atoms with Crippen LogP contribution in [0.3, 0.4) is 0 Å². The molecule has 1 N–H and O–H groups in total. The summed E-state index contributed by atoms with van der Waals surface area (Å²) in [4.78, 5) is 0. The first-order valence-electron chi connectivity index (χ1n) is 4.64. The summed E-state index contributed by atoms with van der Waals surface area (Å²) in [5.74, 6) is 0.974. The van der Waals surface area contributed by atoms with Crippen molar-refractivity contribution in [2.24, 2.45) is 5.92 Å². The van der Waals surface area contributed by atoms with Crippen molar-refractivity contribution >= 4 is 11.6 Å². The molecule has 0 spiro atoms. The topological polar surface area (TPSA) is 29.5 Å². The van der Waals surface area contributed by atoms with Crippen molar-refractivity contribution in [3.63, 3.8) is 0 Å². The van der Waals surface area contributed by atoms with Crippen LogP contribution in [0.2, 0.25) is 5.02 Å². The maximum absolute atomic E-state index is 10.1. The van der Waals surface area contributed by atoms with Gasteiger partial charge in [0.15, 0.2) is 0 Å². The molecule has 1 fully saturated rings. The maximum atomic E-state index is 10.1. The number of benzene rings is 1. The summed E-state index contributed by atoms with van der Waals surface area (Å²) >= 11 is 5.84. The molecule has 1 aromatic carbocycles. The van der Waals surface area contributed by atoms with Crippen molar-refractivity contribution in [2.45, 2.75) is 18.9 Å². The quantitative estimate of drug-likeness (QED) is 0.817. The Hall–Kier alpha value is -0.730. The van der Waals surface area contributed by atoms with Gasteiger partial charge in [0.1, 0.15) is 5.75 Å². The third-order valence-corrected chi connectivity index (χ3v) is 3.14. The molecule has 2 nitrogen and oxygen atoms in total. The highest BCUT2D eigenvalue weighted by atomic mass is 35.5. The van der Waals surface area contributed by atoms with Gasteiger partial charge in [-0.2, -0.15) is 0 Å². The lowest BCUT2D eigenvalue weighted by molar-refractivity contribution is 0.131. The average Bonchev–Trinajstić information content (AvgIpc) is 2.75. The first-order valence-corrected chi connectivity index (χ1v) is 5.02. The van der Waals surface area contributed by atoms with Gasteiger partial charge in [-0.25, -0.2) is 0 Å². The summed E-state index contributed by atoms with van der Waals surface area (Å²) in [6, 6.07) is 5.35.